The summed E-state index contributed by atoms with van der Waals surface area (Å²) in [6.07, 6.45) is 4.96. The van der Waals surface area contributed by atoms with Crippen LogP contribution in [0.25, 0.3) is 0 Å². The number of nitrogens with zero attached hydrogens (tertiary/aromatic N) is 2. The van der Waals surface area contributed by atoms with Gasteiger partial charge in [-0.2, -0.15) is 0 Å². The Morgan fingerprint density at radius 2 is 1.65 bits per heavy atom. The zero-order chi connectivity index (χ0) is 14.9. The Bertz CT molecular complexity index is 381. The molecule has 0 bridgehead atoms. The van der Waals surface area contributed by atoms with Crippen molar-refractivity contribution in [3.05, 3.63) is 0 Å². The van der Waals surface area contributed by atoms with Gasteiger partial charge in [0.05, 0.1) is 10.4 Å². The van der Waals surface area contributed by atoms with Crippen LogP contribution in [0.15, 0.2) is 0 Å². The summed E-state index contributed by atoms with van der Waals surface area (Å²) >= 11 is 5.28. The molecular weight excluding hydrogens is 270 g/mol. The number of nitrogens with two attached hydrogens (primary N) is 1. The van der Waals surface area contributed by atoms with E-state index in [2.05, 4.69) is 25.8 Å². The van der Waals surface area contributed by atoms with Crippen molar-refractivity contribution in [1.29, 1.82) is 0 Å². The smallest absolute Gasteiger partial charge is 0.235 e. The van der Waals surface area contributed by atoms with Gasteiger partial charge >= 0.3 is 0 Å². The van der Waals surface area contributed by atoms with Crippen molar-refractivity contribution < 1.29 is 4.79 Å². The fraction of sp³-hybridized carbons (Fsp3) is 0.867. The molecule has 2 N–H and O–H groups in total. The second kappa shape index (κ2) is 5.98. The molecule has 20 heavy (non-hydrogen) atoms. The molecule has 1 saturated heterocycles. The average molecular weight is 297 g/mol. The topological polar surface area (TPSA) is 49.6 Å². The molecule has 1 amide bonds. The molecule has 5 heteroatoms. The largest absolute Gasteiger partial charge is 0.392 e. The zero-order valence-electron chi connectivity index (χ0n) is 12.9. The first-order valence-corrected chi connectivity index (χ1v) is 8.10. The first-order valence-electron chi connectivity index (χ1n) is 7.69. The Morgan fingerprint density at radius 1 is 1.15 bits per heavy atom. The fourth-order valence-electron chi connectivity index (χ4n) is 3.59. The number of likely N-dealkylation sites (N-methyl/N-ethyl adjacent to an activating group) is 1. The third-order valence-corrected chi connectivity index (χ3v) is 5.63. The minimum atomic E-state index is -0.567. The fourth-order valence-corrected chi connectivity index (χ4v) is 3.89. The molecule has 0 aromatic rings. The van der Waals surface area contributed by atoms with E-state index in [0.29, 0.717) is 17.1 Å². The van der Waals surface area contributed by atoms with Gasteiger partial charge in [-0.25, -0.2) is 0 Å². The van der Waals surface area contributed by atoms with E-state index in [1.54, 1.807) is 0 Å². The van der Waals surface area contributed by atoms with E-state index in [4.69, 9.17) is 18.0 Å². The van der Waals surface area contributed by atoms with Crippen molar-refractivity contribution in [1.82, 2.24) is 9.80 Å². The Morgan fingerprint density at radius 3 is 2.10 bits per heavy atom. The summed E-state index contributed by atoms with van der Waals surface area (Å²) in [5.74, 6) is 0.177. The highest BCUT2D eigenvalue weighted by molar-refractivity contribution is 7.80. The molecule has 0 spiro atoms. The molecule has 2 atom stereocenters. The molecule has 0 aromatic carbocycles. The normalized spacial score (nSPS) is 31.1. The maximum atomic E-state index is 13.1. The third kappa shape index (κ3) is 2.70. The van der Waals surface area contributed by atoms with Crippen molar-refractivity contribution in [2.45, 2.75) is 58.0 Å². The quantitative estimate of drug-likeness (QED) is 0.789. The molecule has 1 heterocycles. The molecule has 1 aliphatic heterocycles. The standard InChI is InChI=1S/C15H27N3OS/c1-11-9-18(10-12(2)17(11)3)14(19)15(13(16)20)7-5-4-6-8-15/h11-12H,4-10H2,1-3H3,(H2,16,20). The summed E-state index contributed by atoms with van der Waals surface area (Å²) in [5, 5.41) is 0. The van der Waals surface area contributed by atoms with E-state index in [1.165, 1.54) is 6.42 Å². The molecule has 4 nitrogen and oxygen atoms in total. The number of carbonyl (C=O) groups is 1. The van der Waals surface area contributed by atoms with Crippen LogP contribution in [-0.4, -0.2) is 52.9 Å². The van der Waals surface area contributed by atoms with Gasteiger partial charge in [0, 0.05) is 25.2 Å². The summed E-state index contributed by atoms with van der Waals surface area (Å²) in [6.45, 7) is 5.91. The number of piperazine rings is 1. The Labute approximate surface area is 127 Å². The summed E-state index contributed by atoms with van der Waals surface area (Å²) in [7, 11) is 2.13. The maximum absolute atomic E-state index is 13.1. The number of hydrogen-bond donors (Lipinski definition) is 1. The molecule has 1 aliphatic carbocycles. The second-order valence-electron chi connectivity index (χ2n) is 6.58. The lowest BCUT2D eigenvalue weighted by molar-refractivity contribution is -0.143. The lowest BCUT2D eigenvalue weighted by atomic mass is 9.72. The number of amides is 1. The summed E-state index contributed by atoms with van der Waals surface area (Å²) in [4.78, 5) is 17.8. The maximum Gasteiger partial charge on any atom is 0.235 e. The van der Waals surface area contributed by atoms with Crippen molar-refractivity contribution >= 4 is 23.1 Å². The Hall–Kier alpha value is -0.680. The van der Waals surface area contributed by atoms with Gasteiger partial charge < -0.3 is 10.6 Å². The predicted molar refractivity (Wildman–Crippen MR) is 85.6 cm³/mol. The lowest BCUT2D eigenvalue weighted by Gasteiger charge is -2.46. The number of hydrogen-bond acceptors (Lipinski definition) is 3. The van der Waals surface area contributed by atoms with Crippen LogP contribution in [0.1, 0.15) is 46.0 Å². The van der Waals surface area contributed by atoms with E-state index >= 15 is 0 Å². The van der Waals surface area contributed by atoms with Crippen LogP contribution >= 0.6 is 12.2 Å². The lowest BCUT2D eigenvalue weighted by Crippen LogP contribution is -2.61. The molecule has 1 saturated carbocycles. The van der Waals surface area contributed by atoms with Gasteiger partial charge in [0.1, 0.15) is 0 Å². The van der Waals surface area contributed by atoms with Crippen molar-refractivity contribution in [3.63, 3.8) is 0 Å². The zero-order valence-corrected chi connectivity index (χ0v) is 13.7. The minimum absolute atomic E-state index is 0.177. The summed E-state index contributed by atoms with van der Waals surface area (Å²) < 4.78 is 0. The average Bonchev–Trinajstić information content (AvgIpc) is 2.44. The SMILES string of the molecule is CC1CN(C(=O)C2(C(N)=S)CCCCC2)CC(C)N1C. The molecule has 2 aliphatic rings. The van der Waals surface area contributed by atoms with E-state index in [-0.39, 0.29) is 5.91 Å². The van der Waals surface area contributed by atoms with Crippen LogP contribution in [0, 0.1) is 5.41 Å². The van der Waals surface area contributed by atoms with Crippen molar-refractivity contribution in [3.8, 4) is 0 Å². The molecule has 0 aromatic heterocycles. The summed E-state index contributed by atoms with van der Waals surface area (Å²) in [6, 6.07) is 0.768. The van der Waals surface area contributed by atoms with Crippen molar-refractivity contribution in [2.24, 2.45) is 11.1 Å². The van der Waals surface area contributed by atoms with Gasteiger partial charge in [-0.3, -0.25) is 9.69 Å². The first-order chi connectivity index (χ1) is 9.38. The van der Waals surface area contributed by atoms with Crippen LogP contribution in [0.2, 0.25) is 0 Å². The molecule has 0 radical (unpaired) electrons. The van der Waals surface area contributed by atoms with E-state index in [1.807, 2.05) is 4.90 Å². The molecule has 2 unspecified atom stereocenters. The van der Waals surface area contributed by atoms with Crippen LogP contribution in [0.3, 0.4) is 0 Å². The number of carbonyl (C=O) groups excluding carboxylic acids is 1. The highest BCUT2D eigenvalue weighted by Gasteiger charge is 2.46. The first kappa shape index (κ1) is 15.7. The van der Waals surface area contributed by atoms with Crippen LogP contribution in [0.5, 0.6) is 0 Å². The van der Waals surface area contributed by atoms with Gasteiger partial charge in [0.25, 0.3) is 0 Å². The third-order valence-electron chi connectivity index (χ3n) is 5.24. The van der Waals surface area contributed by atoms with E-state index < -0.39 is 5.41 Å². The van der Waals surface area contributed by atoms with E-state index in [9.17, 15) is 4.79 Å². The van der Waals surface area contributed by atoms with E-state index in [0.717, 1.165) is 38.8 Å². The monoisotopic (exact) mass is 297 g/mol. The molecule has 2 rings (SSSR count). The molecule has 114 valence electrons. The Balaban J connectivity index is 2.18. The number of rotatable bonds is 2. The van der Waals surface area contributed by atoms with Crippen LogP contribution in [-0.2, 0) is 4.79 Å². The van der Waals surface area contributed by atoms with Crippen LogP contribution < -0.4 is 5.73 Å². The van der Waals surface area contributed by atoms with Crippen LogP contribution in [0.4, 0.5) is 0 Å². The summed E-state index contributed by atoms with van der Waals surface area (Å²) in [5.41, 5.74) is 5.41. The second-order valence-corrected chi connectivity index (χ2v) is 7.02. The Kier molecular flexibility index (Phi) is 4.69. The number of thiocarbonyl (C=S) groups is 1. The highest BCUT2D eigenvalue weighted by atomic mass is 32.1. The highest BCUT2D eigenvalue weighted by Crippen LogP contribution is 2.39. The van der Waals surface area contributed by atoms with Gasteiger partial charge in [-0.05, 0) is 33.7 Å². The van der Waals surface area contributed by atoms with Crippen molar-refractivity contribution in [2.75, 3.05) is 20.1 Å². The van der Waals surface area contributed by atoms with Gasteiger partial charge in [-0.1, -0.05) is 31.5 Å². The van der Waals surface area contributed by atoms with Gasteiger partial charge in [0.15, 0.2) is 0 Å². The van der Waals surface area contributed by atoms with Gasteiger partial charge in [-0.15, -0.1) is 0 Å². The predicted octanol–water partition coefficient (Wildman–Crippen LogP) is 1.77. The van der Waals surface area contributed by atoms with Gasteiger partial charge in [0.2, 0.25) is 5.91 Å². The minimum Gasteiger partial charge on any atom is -0.392 e. The molecular formula is C15H27N3OS. The molecule has 2 fully saturated rings.